The highest BCUT2D eigenvalue weighted by molar-refractivity contribution is 5.88. The minimum atomic E-state index is -0.412. The summed E-state index contributed by atoms with van der Waals surface area (Å²) >= 11 is 0. The molecule has 7 aromatic heterocycles. The molecule has 6 aliphatic heterocycles. The predicted octanol–water partition coefficient (Wildman–Crippen LogP) is 14.3. The molecule has 12 aromatic rings. The molecule has 37 nitrogen and oxygen atoms in total. The van der Waals surface area contributed by atoms with Crippen LogP contribution in [0.15, 0.2) is 172 Å². The summed E-state index contributed by atoms with van der Waals surface area (Å²) in [5, 5.41) is 13.4. The van der Waals surface area contributed by atoms with Crippen LogP contribution in [0, 0.1) is 5.41 Å². The van der Waals surface area contributed by atoms with Gasteiger partial charge >= 0.3 is 6.09 Å². The van der Waals surface area contributed by atoms with Crippen LogP contribution in [0.3, 0.4) is 0 Å². The van der Waals surface area contributed by atoms with Gasteiger partial charge in [0.05, 0.1) is 170 Å². The van der Waals surface area contributed by atoms with Crippen LogP contribution in [-0.2, 0) is 33.2 Å². The van der Waals surface area contributed by atoms with Crippen molar-refractivity contribution in [3.8, 4) is 40.2 Å². The number of ether oxygens (including phenoxy) is 14. The molecule has 140 heavy (non-hydrogen) atoms. The van der Waals surface area contributed by atoms with Crippen molar-refractivity contribution in [1.82, 2.24) is 75.1 Å². The highest BCUT2D eigenvalue weighted by Crippen LogP contribution is 2.40. The molecule has 0 atom stereocenters. The molecule has 5 aromatic carbocycles. The van der Waals surface area contributed by atoms with E-state index in [1.54, 1.807) is 105 Å². The lowest BCUT2D eigenvalue weighted by atomic mass is 9.90. The van der Waals surface area contributed by atoms with E-state index in [1.807, 2.05) is 31.2 Å². The normalized spacial score (nSPS) is 22.0. The number of nitrogens with one attached hydrogen (secondary N) is 4. The van der Waals surface area contributed by atoms with Crippen molar-refractivity contribution in [2.24, 2.45) is 5.41 Å². The molecule has 736 valence electrons. The molecule has 6 saturated heterocycles. The van der Waals surface area contributed by atoms with Gasteiger partial charge in [-0.2, -0.15) is 0 Å². The maximum atomic E-state index is 12.2. The second kappa shape index (κ2) is 47.6. The van der Waals surface area contributed by atoms with E-state index >= 15 is 0 Å². The smallest absolute Gasteiger partial charge is 0.412 e. The number of fused-ring (bicyclic) bond motifs is 4. The Morgan fingerprint density at radius 3 is 1.04 bits per heavy atom. The van der Waals surface area contributed by atoms with Crippen LogP contribution in [0.5, 0.6) is 40.2 Å². The van der Waals surface area contributed by atoms with Gasteiger partial charge in [-0.3, -0.25) is 19.9 Å². The average Bonchev–Trinajstić information content (AvgIpc) is 0.799. The van der Waals surface area contributed by atoms with Gasteiger partial charge in [-0.25, -0.2) is 54.6 Å². The van der Waals surface area contributed by atoms with E-state index in [0.717, 1.165) is 317 Å². The van der Waals surface area contributed by atoms with Crippen molar-refractivity contribution in [3.05, 3.63) is 177 Å². The van der Waals surface area contributed by atoms with Gasteiger partial charge in [-0.1, -0.05) is 25.1 Å². The van der Waals surface area contributed by atoms with Gasteiger partial charge in [0, 0.05) is 196 Å². The van der Waals surface area contributed by atoms with Gasteiger partial charge in [0.15, 0.2) is 11.5 Å². The second-order valence-electron chi connectivity index (χ2n) is 37.0. The van der Waals surface area contributed by atoms with E-state index in [1.165, 1.54) is 0 Å². The fourth-order valence-electron chi connectivity index (χ4n) is 18.8. The van der Waals surface area contributed by atoms with Crippen molar-refractivity contribution in [1.29, 1.82) is 0 Å². The van der Waals surface area contributed by atoms with E-state index in [2.05, 4.69) is 166 Å². The topological polar surface area (TPSA) is 388 Å². The third-order valence-electron chi connectivity index (χ3n) is 26.6. The number of carbonyl (C=O) groups is 1. The van der Waals surface area contributed by atoms with E-state index in [0.29, 0.717) is 79.6 Å². The Balaban J connectivity index is 0.000000119. The van der Waals surface area contributed by atoms with E-state index in [-0.39, 0.29) is 42.0 Å². The summed E-state index contributed by atoms with van der Waals surface area (Å²) in [6.45, 7) is 20.9. The quantitative estimate of drug-likeness (QED) is 0.0331. The number of benzene rings is 5. The summed E-state index contributed by atoms with van der Waals surface area (Å²) in [6, 6.07) is 26.9. The highest BCUT2D eigenvalue weighted by atomic mass is 16.6. The van der Waals surface area contributed by atoms with E-state index < -0.39 is 6.09 Å². The first kappa shape index (κ1) is 95.6. The summed E-state index contributed by atoms with van der Waals surface area (Å²) in [5.41, 5.74) is 12.1. The van der Waals surface area contributed by atoms with Gasteiger partial charge in [0.2, 0.25) is 17.8 Å². The molecule has 4 saturated carbocycles. The van der Waals surface area contributed by atoms with Crippen LogP contribution in [-0.4, -0.2) is 275 Å². The van der Waals surface area contributed by atoms with Gasteiger partial charge in [-0.05, 0) is 152 Å². The molecular weight excluding hydrogens is 1790 g/mol. The molecule has 0 bridgehead atoms. The van der Waals surface area contributed by atoms with Crippen LogP contribution in [0.1, 0.15) is 122 Å². The Kier molecular flexibility index (Phi) is 32.5. The number of aromatic nitrogens is 14. The molecule has 37 heteroatoms. The molecule has 0 unspecified atom stereocenters. The zero-order valence-corrected chi connectivity index (χ0v) is 79.5. The number of carbonyl (C=O) groups excluding carboxylic acids is 1. The molecule has 4 aliphatic carbocycles. The molecule has 4 N–H and O–H groups in total. The zero-order chi connectivity index (χ0) is 94.9. The largest absolute Gasteiger partial charge is 0.501 e. The molecule has 1 amide bonds. The second-order valence-corrected chi connectivity index (χ2v) is 37.0. The highest BCUT2D eigenvalue weighted by Gasteiger charge is 2.36. The van der Waals surface area contributed by atoms with Crippen molar-refractivity contribution >= 4 is 96.9 Å². The first-order chi connectivity index (χ1) is 69.0. The van der Waals surface area contributed by atoms with Crippen LogP contribution in [0.4, 0.5) is 45.4 Å². The number of morpholine rings is 4. The standard InChI is InChI=1S/C27H34N6O4.C26H32N6O3.C25H30N6O4.C25H28N4O4/c1-27(16-35-17-27)18-36-22-14-30-26(31-15-22)32-19-2-4-21(5-3-19)37-24-13-20(33-8-10-34-11-9-33)12-23-25(24)29-7-6-28-23;1-2-33-12-7-19-17-29-26(30-18-19)31-20-3-5-22(6-4-20)35-24-16-21(32-10-13-34-14-11-32)15-23-25(24)28-9-8-27-23;1-3-19(4-2-17(1)30-25-28-13-20(14-29-25)34-21-15-33-16-21)35-23-12-18(31-7-9-32-10-8-31)11-22-24(23)27-6-5-26-22;30-25(33-20-4-2-1-3-5-20)28-18-6-8-21(9-7-18)32-23-17-19(29-12-14-31-15-13-29)16-22-24(23)27-11-10-26-22/h6-7,12-15,19,21H,2-5,8-11,16-18H2,1H3,(H,30,31,32);7-9,12,15-18,20,22H,2-6,10-11,13-14H2,1H3,(H,29,30,31);5-6,11-14,17,19,21H,1-4,7-10,15-16H2,(H,28,29,30);1-5,10-11,16-18,21H,6-9,12-15H2,(H,28,30)/b;12-7+;;. The van der Waals surface area contributed by atoms with Crippen molar-refractivity contribution in [3.63, 3.8) is 0 Å². The lowest BCUT2D eigenvalue weighted by Gasteiger charge is -2.37. The van der Waals surface area contributed by atoms with Gasteiger partial charge in [0.1, 0.15) is 56.9 Å². The minimum Gasteiger partial charge on any atom is -0.501 e. The third kappa shape index (κ3) is 26.2. The summed E-state index contributed by atoms with van der Waals surface area (Å²) in [4.78, 5) is 84.4. The molecule has 10 aliphatic rings. The Labute approximate surface area is 813 Å². The monoisotopic (exact) mass is 1910 g/mol. The van der Waals surface area contributed by atoms with Gasteiger partial charge in [0.25, 0.3) is 0 Å². The van der Waals surface area contributed by atoms with Crippen molar-refractivity contribution < 1.29 is 71.1 Å². The summed E-state index contributed by atoms with van der Waals surface area (Å²) in [7, 11) is 0. The van der Waals surface area contributed by atoms with Gasteiger partial charge in [-0.15, -0.1) is 0 Å². The summed E-state index contributed by atoms with van der Waals surface area (Å²) in [5.74, 6) is 7.02. The lowest BCUT2D eigenvalue weighted by Crippen LogP contribution is -2.44. The molecule has 0 radical (unpaired) electrons. The summed E-state index contributed by atoms with van der Waals surface area (Å²) in [6.07, 6.45) is 43.0. The Morgan fingerprint density at radius 2 is 0.707 bits per heavy atom. The third-order valence-corrected chi connectivity index (χ3v) is 26.6. The SMILES string of the molecule is CC1(COc2cnc(NC3CCC(Oc4cc(N5CCOCC5)cc5nccnc45)CC3)nc2)COC1.CCO/C=C/c1cnc(NC2CCC(Oc3cc(N4CCOCC4)cc4nccnc34)CC2)nc1.O=C(NC1CCC(Oc2cc(N3CCOCC3)cc3nccnc23)CC1)Oc1ccccc1.c1cnc2c(OC3CCC(Nc4ncc(OC5COC5)cn4)CC3)cc(N3CCOCC3)cc2n1. The zero-order valence-electron chi connectivity index (χ0n) is 79.5. The number of rotatable bonds is 28. The maximum absolute atomic E-state index is 12.2. The number of anilines is 7. The molecular formula is C103H124N22O15. The lowest BCUT2D eigenvalue weighted by molar-refractivity contribution is -0.120. The van der Waals surface area contributed by atoms with Crippen LogP contribution in [0.2, 0.25) is 0 Å². The van der Waals surface area contributed by atoms with Crippen molar-refractivity contribution in [2.75, 3.05) is 180 Å². The fraction of sp³-hybridized carbons (Fsp3) is 0.485. The molecule has 22 rings (SSSR count). The van der Waals surface area contributed by atoms with E-state index in [9.17, 15) is 4.79 Å². The van der Waals surface area contributed by atoms with Gasteiger partial charge < -0.3 is 107 Å². The Hall–Kier alpha value is -13.3. The average molecular weight is 1910 g/mol. The molecule has 13 heterocycles. The molecule has 10 fully saturated rings. The number of amides is 1. The predicted molar refractivity (Wildman–Crippen MR) is 530 cm³/mol. The Morgan fingerprint density at radius 1 is 0.371 bits per heavy atom. The van der Waals surface area contributed by atoms with Crippen LogP contribution < -0.4 is 74.0 Å². The fourth-order valence-corrected chi connectivity index (χ4v) is 18.8. The van der Waals surface area contributed by atoms with Crippen LogP contribution in [0.25, 0.3) is 50.2 Å². The maximum Gasteiger partial charge on any atom is 0.412 e. The number of hydrogen-bond acceptors (Lipinski definition) is 36. The Bertz CT molecular complexity index is 5980. The number of nitrogens with zero attached hydrogens (tertiary/aromatic N) is 18. The van der Waals surface area contributed by atoms with Crippen LogP contribution >= 0.6 is 0 Å². The number of para-hydroxylation sites is 1. The summed E-state index contributed by atoms with van der Waals surface area (Å²) < 4.78 is 80.6. The van der Waals surface area contributed by atoms with Crippen molar-refractivity contribution in [2.45, 2.75) is 171 Å². The minimum absolute atomic E-state index is 0.0679. The first-order valence-electron chi connectivity index (χ1n) is 49.5. The number of hydrogen-bond donors (Lipinski definition) is 4. The van der Waals surface area contributed by atoms with E-state index in [4.69, 9.17) is 66.3 Å². The first-order valence-corrected chi connectivity index (χ1v) is 49.5. The molecule has 0 spiro atoms.